The summed E-state index contributed by atoms with van der Waals surface area (Å²) in [5.41, 5.74) is 0. The van der Waals surface area contributed by atoms with Gasteiger partial charge in [-0.05, 0) is 6.42 Å². The Kier molecular flexibility index (Phi) is 6.79. The number of isocyanates is 1. The average Bonchev–Trinajstić information content (AvgIpc) is 2.09. The maximum Gasteiger partial charge on any atom is 0.306 e. The van der Waals surface area contributed by atoms with Gasteiger partial charge in [0.1, 0.15) is 6.61 Å². The second-order valence-corrected chi connectivity index (χ2v) is 2.05. The monoisotopic (exact) mass is 169 g/mol. The van der Waals surface area contributed by atoms with Crippen LogP contribution in [-0.4, -0.2) is 25.2 Å². The first-order chi connectivity index (χ1) is 5.81. The van der Waals surface area contributed by atoms with Gasteiger partial charge in [-0.15, -0.1) is 0 Å². The van der Waals surface area contributed by atoms with E-state index in [4.69, 9.17) is 0 Å². The van der Waals surface area contributed by atoms with E-state index in [1.54, 1.807) is 0 Å². The molecule has 4 heteroatoms. The van der Waals surface area contributed by atoms with Gasteiger partial charge in [-0.25, -0.2) is 9.79 Å². The van der Waals surface area contributed by atoms with E-state index in [0.717, 1.165) is 0 Å². The van der Waals surface area contributed by atoms with Gasteiger partial charge in [-0.3, -0.25) is 4.79 Å². The average molecular weight is 169 g/mol. The highest BCUT2D eigenvalue weighted by molar-refractivity contribution is 5.69. The number of carbonyl (C=O) groups is 1. The summed E-state index contributed by atoms with van der Waals surface area (Å²) in [6, 6.07) is 0. The van der Waals surface area contributed by atoms with Crippen LogP contribution in [0.25, 0.3) is 0 Å². The van der Waals surface area contributed by atoms with Gasteiger partial charge < -0.3 is 4.74 Å². The molecule has 0 aromatic heterocycles. The summed E-state index contributed by atoms with van der Waals surface area (Å²) in [6.45, 7) is 3.95. The minimum Gasteiger partial charge on any atom is -0.461 e. The number of ether oxygens (including phenoxy) is 1. The molecule has 0 saturated heterocycles. The normalized spacial score (nSPS) is 8.33. The molecule has 66 valence electrons. The third-order valence-electron chi connectivity index (χ3n) is 1.08. The number of aliphatic imine (C=N–C) groups is 1. The molecule has 0 radical (unpaired) electrons. The van der Waals surface area contributed by atoms with Gasteiger partial charge in [-0.2, -0.15) is 0 Å². The van der Waals surface area contributed by atoms with Crippen molar-refractivity contribution in [1.82, 2.24) is 0 Å². The molecule has 0 spiro atoms. The Morgan fingerprint density at radius 1 is 1.67 bits per heavy atom. The van der Waals surface area contributed by atoms with Crippen molar-refractivity contribution in [1.29, 1.82) is 0 Å². The van der Waals surface area contributed by atoms with Gasteiger partial charge in [0.2, 0.25) is 6.08 Å². The fourth-order valence-electron chi connectivity index (χ4n) is 0.572. The van der Waals surface area contributed by atoms with Gasteiger partial charge in [0.05, 0.1) is 6.54 Å². The fourth-order valence-corrected chi connectivity index (χ4v) is 0.572. The van der Waals surface area contributed by atoms with Crippen molar-refractivity contribution >= 4 is 12.0 Å². The minimum absolute atomic E-state index is 0.232. The number of nitrogens with zero attached hydrogens (tertiary/aromatic N) is 1. The topological polar surface area (TPSA) is 55.7 Å². The van der Waals surface area contributed by atoms with Gasteiger partial charge in [0.25, 0.3) is 0 Å². The zero-order chi connectivity index (χ0) is 9.23. The van der Waals surface area contributed by atoms with Crippen LogP contribution in [0.5, 0.6) is 0 Å². The molecule has 0 aliphatic carbocycles. The summed E-state index contributed by atoms with van der Waals surface area (Å²) >= 11 is 0. The Hall–Kier alpha value is -1.41. The highest BCUT2D eigenvalue weighted by atomic mass is 16.5. The SMILES string of the molecule is C=CCOC(=O)CCCN=C=O. The van der Waals surface area contributed by atoms with Crippen molar-refractivity contribution in [2.24, 2.45) is 4.99 Å². The van der Waals surface area contributed by atoms with Crippen LogP contribution < -0.4 is 0 Å². The lowest BCUT2D eigenvalue weighted by Crippen LogP contribution is -2.04. The standard InChI is InChI=1S/C8H11NO3/c1-2-6-12-8(11)4-3-5-9-7-10/h2H,1,3-6H2. The maximum atomic E-state index is 10.8. The molecule has 0 fully saturated rings. The van der Waals surface area contributed by atoms with Gasteiger partial charge in [0, 0.05) is 6.42 Å². The molecular weight excluding hydrogens is 158 g/mol. The molecule has 0 aliphatic rings. The van der Waals surface area contributed by atoms with Crippen LogP contribution in [0.3, 0.4) is 0 Å². The molecule has 0 bridgehead atoms. The van der Waals surface area contributed by atoms with E-state index in [9.17, 15) is 9.59 Å². The molecule has 0 unspecified atom stereocenters. The van der Waals surface area contributed by atoms with Crippen LogP contribution in [0.15, 0.2) is 17.6 Å². The van der Waals surface area contributed by atoms with E-state index in [1.165, 1.54) is 12.2 Å². The van der Waals surface area contributed by atoms with Crippen molar-refractivity contribution in [2.45, 2.75) is 12.8 Å². The van der Waals surface area contributed by atoms with E-state index < -0.39 is 0 Å². The summed E-state index contributed by atoms with van der Waals surface area (Å²) in [4.78, 5) is 23.6. The van der Waals surface area contributed by atoms with E-state index >= 15 is 0 Å². The Balaban J connectivity index is 3.30. The van der Waals surface area contributed by atoms with E-state index in [0.29, 0.717) is 13.0 Å². The molecule has 0 N–H and O–H groups in total. The minimum atomic E-state index is -0.295. The Morgan fingerprint density at radius 3 is 3.00 bits per heavy atom. The van der Waals surface area contributed by atoms with Gasteiger partial charge >= 0.3 is 5.97 Å². The van der Waals surface area contributed by atoms with Crippen molar-refractivity contribution in [3.05, 3.63) is 12.7 Å². The number of carbonyl (C=O) groups excluding carboxylic acids is 2. The lowest BCUT2D eigenvalue weighted by molar-refractivity contribution is -0.142. The quantitative estimate of drug-likeness (QED) is 0.194. The molecule has 0 amide bonds. The Morgan fingerprint density at radius 2 is 2.42 bits per heavy atom. The van der Waals surface area contributed by atoms with Crippen LogP contribution >= 0.6 is 0 Å². The molecule has 0 aromatic carbocycles. The van der Waals surface area contributed by atoms with Crippen molar-refractivity contribution < 1.29 is 14.3 Å². The maximum absolute atomic E-state index is 10.8. The first-order valence-electron chi connectivity index (χ1n) is 3.61. The number of rotatable bonds is 6. The van der Waals surface area contributed by atoms with Crippen LogP contribution in [0.4, 0.5) is 0 Å². The van der Waals surface area contributed by atoms with E-state index in [-0.39, 0.29) is 19.0 Å². The summed E-state index contributed by atoms with van der Waals surface area (Å²) in [5, 5.41) is 0. The first kappa shape index (κ1) is 10.6. The second kappa shape index (κ2) is 7.69. The molecule has 0 atom stereocenters. The third kappa shape index (κ3) is 6.71. The molecule has 0 aromatic rings. The largest absolute Gasteiger partial charge is 0.461 e. The van der Waals surface area contributed by atoms with Crippen molar-refractivity contribution in [3.63, 3.8) is 0 Å². The van der Waals surface area contributed by atoms with E-state index in [1.807, 2.05) is 0 Å². The number of esters is 1. The molecule has 0 rings (SSSR count). The molecule has 12 heavy (non-hydrogen) atoms. The van der Waals surface area contributed by atoms with Crippen LogP contribution in [0.2, 0.25) is 0 Å². The predicted molar refractivity (Wildman–Crippen MR) is 43.4 cm³/mol. The highest BCUT2D eigenvalue weighted by Gasteiger charge is 1.99. The molecule has 0 aliphatic heterocycles. The van der Waals surface area contributed by atoms with E-state index in [2.05, 4.69) is 16.3 Å². The van der Waals surface area contributed by atoms with Gasteiger partial charge in [-0.1, -0.05) is 12.7 Å². The van der Waals surface area contributed by atoms with Gasteiger partial charge in [0.15, 0.2) is 0 Å². The lowest BCUT2D eigenvalue weighted by Gasteiger charge is -1.98. The zero-order valence-corrected chi connectivity index (χ0v) is 6.78. The first-order valence-corrected chi connectivity index (χ1v) is 3.61. The van der Waals surface area contributed by atoms with Crippen molar-refractivity contribution in [2.75, 3.05) is 13.2 Å². The van der Waals surface area contributed by atoms with Crippen LogP contribution in [-0.2, 0) is 14.3 Å². The Bertz CT molecular complexity index is 194. The summed E-state index contributed by atoms with van der Waals surface area (Å²) in [7, 11) is 0. The number of hydrogen-bond acceptors (Lipinski definition) is 4. The smallest absolute Gasteiger partial charge is 0.306 e. The second-order valence-electron chi connectivity index (χ2n) is 2.05. The number of hydrogen-bond donors (Lipinski definition) is 0. The molecule has 4 nitrogen and oxygen atoms in total. The highest BCUT2D eigenvalue weighted by Crippen LogP contribution is 1.92. The molecule has 0 heterocycles. The molecular formula is C8H11NO3. The Labute approximate surface area is 70.9 Å². The van der Waals surface area contributed by atoms with Crippen molar-refractivity contribution in [3.8, 4) is 0 Å². The lowest BCUT2D eigenvalue weighted by atomic mass is 10.3. The zero-order valence-electron chi connectivity index (χ0n) is 6.78. The van der Waals surface area contributed by atoms with Crippen LogP contribution in [0, 0.1) is 0 Å². The summed E-state index contributed by atoms with van der Waals surface area (Å²) < 4.78 is 4.67. The third-order valence-corrected chi connectivity index (χ3v) is 1.08. The summed E-state index contributed by atoms with van der Waals surface area (Å²) in [6.07, 6.45) is 3.69. The fraction of sp³-hybridized carbons (Fsp3) is 0.500. The summed E-state index contributed by atoms with van der Waals surface area (Å²) in [5.74, 6) is -0.295. The predicted octanol–water partition coefficient (Wildman–Crippen LogP) is 0.832. The molecule has 0 saturated carbocycles. The van der Waals surface area contributed by atoms with Crippen LogP contribution in [0.1, 0.15) is 12.8 Å².